The summed E-state index contributed by atoms with van der Waals surface area (Å²) in [5.74, 6) is 2.16. The highest BCUT2D eigenvalue weighted by atomic mass is 79.9. The van der Waals surface area contributed by atoms with Crippen LogP contribution in [-0.2, 0) is 5.41 Å². The third kappa shape index (κ3) is 5.38. The van der Waals surface area contributed by atoms with Crippen molar-refractivity contribution in [2.75, 3.05) is 14.2 Å². The molecule has 0 fully saturated rings. The Morgan fingerprint density at radius 3 is 2.33 bits per heavy atom. The maximum atomic E-state index is 13.3. The summed E-state index contributed by atoms with van der Waals surface area (Å²) in [4.78, 5) is 18.1. The Morgan fingerprint density at radius 1 is 1.15 bits per heavy atom. The van der Waals surface area contributed by atoms with Crippen molar-refractivity contribution in [2.24, 2.45) is 5.10 Å². The summed E-state index contributed by atoms with van der Waals surface area (Å²) in [6.07, 6.45) is 2.45. The number of hydrogen-bond acceptors (Lipinski definition) is 6. The fraction of sp³-hybridized carbons (Fsp3) is 0.400. The van der Waals surface area contributed by atoms with Crippen LogP contribution in [0.4, 0.5) is 0 Å². The summed E-state index contributed by atoms with van der Waals surface area (Å²) >= 11 is 3.43. The second-order valence-electron chi connectivity index (χ2n) is 8.80. The number of fused-ring (bicyclic) bond motifs is 1. The lowest BCUT2D eigenvalue weighted by Gasteiger charge is -2.21. The number of methoxy groups -OCH3 is 2. The van der Waals surface area contributed by atoms with Gasteiger partial charge in [0, 0.05) is 15.5 Å². The Hall–Kier alpha value is -2.87. The molecule has 0 spiro atoms. The number of halogens is 1. The maximum absolute atomic E-state index is 13.3. The van der Waals surface area contributed by atoms with Crippen LogP contribution >= 0.6 is 15.9 Å². The van der Waals surface area contributed by atoms with Crippen LogP contribution < -0.4 is 19.8 Å². The standard InChI is InChI=1S/C25H30BrN3O4/c1-8-15(2)33-22-20(31-6)11-16(12-21(22)32-7)14-27-29-23(30)18-13-17(26)9-10-19(18)28-24(29)25(3,4)5/h9-15H,8H2,1-7H3/t15-/m1/s1. The summed E-state index contributed by atoms with van der Waals surface area (Å²) in [6.45, 7) is 10.0. The molecule has 8 heteroatoms. The van der Waals surface area contributed by atoms with E-state index in [1.165, 1.54) is 4.68 Å². The SMILES string of the molecule is CC[C@@H](C)Oc1c(OC)cc(C=Nn2c(C(C)(C)C)nc3ccc(Br)cc3c2=O)cc1OC. The molecular formula is C25H30BrN3O4. The van der Waals surface area contributed by atoms with Gasteiger partial charge >= 0.3 is 0 Å². The van der Waals surface area contributed by atoms with Crippen LogP contribution in [0.3, 0.4) is 0 Å². The maximum Gasteiger partial charge on any atom is 0.282 e. The third-order valence-electron chi connectivity index (χ3n) is 5.18. The first-order valence-corrected chi connectivity index (χ1v) is 11.6. The summed E-state index contributed by atoms with van der Waals surface area (Å²) in [5.41, 5.74) is 0.690. The lowest BCUT2D eigenvalue weighted by atomic mass is 9.95. The van der Waals surface area contributed by atoms with Crippen LogP contribution in [0.1, 0.15) is 52.4 Å². The predicted molar refractivity (Wildman–Crippen MR) is 135 cm³/mol. The van der Waals surface area contributed by atoms with Gasteiger partial charge in [-0.25, -0.2) is 4.98 Å². The smallest absolute Gasteiger partial charge is 0.282 e. The molecule has 0 bridgehead atoms. The summed E-state index contributed by atoms with van der Waals surface area (Å²) in [6, 6.07) is 9.07. The van der Waals surface area contributed by atoms with E-state index in [0.717, 1.165) is 10.9 Å². The van der Waals surface area contributed by atoms with Crippen LogP contribution in [0.15, 0.2) is 44.7 Å². The van der Waals surface area contributed by atoms with Gasteiger partial charge in [0.25, 0.3) is 5.56 Å². The molecule has 0 unspecified atom stereocenters. The van der Waals surface area contributed by atoms with Gasteiger partial charge in [-0.3, -0.25) is 4.79 Å². The van der Waals surface area contributed by atoms with Crippen molar-refractivity contribution < 1.29 is 14.2 Å². The molecule has 0 aliphatic heterocycles. The molecule has 1 atom stereocenters. The first-order chi connectivity index (χ1) is 15.6. The van der Waals surface area contributed by atoms with Gasteiger partial charge in [-0.2, -0.15) is 9.78 Å². The average molecular weight is 516 g/mol. The molecule has 0 saturated carbocycles. The van der Waals surface area contributed by atoms with Gasteiger partial charge < -0.3 is 14.2 Å². The van der Waals surface area contributed by atoms with E-state index < -0.39 is 5.41 Å². The van der Waals surface area contributed by atoms with Crippen molar-refractivity contribution >= 4 is 33.0 Å². The molecule has 33 heavy (non-hydrogen) atoms. The number of ether oxygens (including phenoxy) is 3. The lowest BCUT2D eigenvalue weighted by molar-refractivity contribution is 0.198. The van der Waals surface area contributed by atoms with E-state index in [0.29, 0.717) is 39.5 Å². The van der Waals surface area contributed by atoms with Crippen molar-refractivity contribution in [2.45, 2.75) is 52.6 Å². The molecule has 176 valence electrons. The minimum absolute atomic E-state index is 0.00300. The predicted octanol–water partition coefficient (Wildman–Crippen LogP) is 5.53. The van der Waals surface area contributed by atoms with E-state index in [4.69, 9.17) is 19.2 Å². The van der Waals surface area contributed by atoms with E-state index >= 15 is 0 Å². The van der Waals surface area contributed by atoms with Gasteiger partial charge in [-0.05, 0) is 43.7 Å². The number of hydrogen-bond donors (Lipinski definition) is 0. The lowest BCUT2D eigenvalue weighted by Crippen LogP contribution is -2.29. The molecule has 0 aliphatic carbocycles. The zero-order valence-corrected chi connectivity index (χ0v) is 21.7. The van der Waals surface area contributed by atoms with Crippen molar-refractivity contribution in [1.82, 2.24) is 9.66 Å². The zero-order chi connectivity index (χ0) is 24.3. The van der Waals surface area contributed by atoms with Crippen LogP contribution in [0.5, 0.6) is 17.2 Å². The fourth-order valence-electron chi connectivity index (χ4n) is 3.24. The first kappa shape index (κ1) is 24.8. The third-order valence-corrected chi connectivity index (χ3v) is 5.67. The molecule has 1 aromatic heterocycles. The molecule has 0 N–H and O–H groups in total. The van der Waals surface area contributed by atoms with Crippen molar-refractivity contribution in [3.8, 4) is 17.2 Å². The largest absolute Gasteiger partial charge is 0.493 e. The van der Waals surface area contributed by atoms with Crippen LogP contribution in [0.2, 0.25) is 0 Å². The quantitative estimate of drug-likeness (QED) is 0.386. The van der Waals surface area contributed by atoms with Crippen molar-refractivity contribution in [3.05, 3.63) is 56.5 Å². The van der Waals surface area contributed by atoms with Crippen molar-refractivity contribution in [3.63, 3.8) is 0 Å². The second kappa shape index (κ2) is 9.95. The average Bonchev–Trinajstić information content (AvgIpc) is 2.78. The monoisotopic (exact) mass is 515 g/mol. The Labute approximate surface area is 202 Å². The second-order valence-corrected chi connectivity index (χ2v) is 9.72. The molecule has 7 nitrogen and oxygen atoms in total. The Bertz CT molecular complexity index is 1220. The molecule has 1 heterocycles. The van der Waals surface area contributed by atoms with Gasteiger partial charge in [0.15, 0.2) is 11.5 Å². The fourth-order valence-corrected chi connectivity index (χ4v) is 3.60. The van der Waals surface area contributed by atoms with Crippen LogP contribution in [0, 0.1) is 0 Å². The topological polar surface area (TPSA) is 74.9 Å². The highest BCUT2D eigenvalue weighted by Crippen LogP contribution is 2.39. The van der Waals surface area contributed by atoms with E-state index in [9.17, 15) is 4.79 Å². The van der Waals surface area contributed by atoms with E-state index in [-0.39, 0.29) is 11.7 Å². The van der Waals surface area contributed by atoms with Gasteiger partial charge in [0.2, 0.25) is 5.75 Å². The summed E-state index contributed by atoms with van der Waals surface area (Å²) in [7, 11) is 3.15. The van der Waals surface area contributed by atoms with Gasteiger partial charge in [-0.1, -0.05) is 43.6 Å². The zero-order valence-electron chi connectivity index (χ0n) is 20.1. The number of nitrogens with zero attached hydrogens (tertiary/aromatic N) is 3. The normalized spacial score (nSPS) is 12.8. The van der Waals surface area contributed by atoms with Crippen molar-refractivity contribution in [1.29, 1.82) is 0 Å². The van der Waals surface area contributed by atoms with E-state index in [2.05, 4.69) is 21.0 Å². The molecule has 0 saturated heterocycles. The highest BCUT2D eigenvalue weighted by Gasteiger charge is 2.23. The minimum atomic E-state index is -0.402. The minimum Gasteiger partial charge on any atom is -0.493 e. The molecule has 3 aromatic rings. The highest BCUT2D eigenvalue weighted by molar-refractivity contribution is 9.10. The first-order valence-electron chi connectivity index (χ1n) is 10.8. The molecule has 0 aliphatic rings. The summed E-state index contributed by atoms with van der Waals surface area (Å²) < 4.78 is 19.3. The number of aromatic nitrogens is 2. The molecule has 3 rings (SSSR count). The number of rotatable bonds is 7. The van der Waals surface area contributed by atoms with Gasteiger partial charge in [-0.15, -0.1) is 0 Å². The Kier molecular flexibility index (Phi) is 7.47. The molecule has 0 amide bonds. The van der Waals surface area contributed by atoms with Crippen LogP contribution in [-0.4, -0.2) is 36.2 Å². The molecule has 2 aromatic carbocycles. The van der Waals surface area contributed by atoms with E-state index in [1.807, 2.05) is 46.8 Å². The molecule has 0 radical (unpaired) electrons. The van der Waals surface area contributed by atoms with Gasteiger partial charge in [0.05, 0.1) is 37.4 Å². The Morgan fingerprint density at radius 2 is 1.79 bits per heavy atom. The van der Waals surface area contributed by atoms with Crippen LogP contribution in [0.25, 0.3) is 10.9 Å². The summed E-state index contributed by atoms with van der Waals surface area (Å²) in [5, 5.41) is 5.02. The van der Waals surface area contributed by atoms with Gasteiger partial charge in [0.1, 0.15) is 5.82 Å². The molecular weight excluding hydrogens is 486 g/mol. The number of benzene rings is 2. The van der Waals surface area contributed by atoms with E-state index in [1.54, 1.807) is 38.6 Å². The Balaban J connectivity index is 2.15.